The summed E-state index contributed by atoms with van der Waals surface area (Å²) in [7, 11) is 0. The third-order valence-electron chi connectivity index (χ3n) is 6.70. The summed E-state index contributed by atoms with van der Waals surface area (Å²) in [4.78, 5) is 29.3. The zero-order valence-electron chi connectivity index (χ0n) is 15.6. The van der Waals surface area contributed by atoms with Crippen LogP contribution in [0.15, 0.2) is 0 Å². The van der Waals surface area contributed by atoms with Crippen LogP contribution >= 0.6 is 0 Å². The van der Waals surface area contributed by atoms with Crippen molar-refractivity contribution in [1.82, 2.24) is 9.80 Å². The van der Waals surface area contributed by atoms with E-state index in [1.165, 1.54) is 32.1 Å². The Kier molecular flexibility index (Phi) is 5.51. The van der Waals surface area contributed by atoms with E-state index in [1.54, 1.807) is 0 Å². The van der Waals surface area contributed by atoms with Crippen LogP contribution < -0.4 is 0 Å². The summed E-state index contributed by atoms with van der Waals surface area (Å²) in [5.41, 5.74) is 0.0866. The van der Waals surface area contributed by atoms with Crippen LogP contribution in [0.2, 0.25) is 0 Å². The highest BCUT2D eigenvalue weighted by atomic mass is 16.2. The molecule has 0 aromatic rings. The van der Waals surface area contributed by atoms with E-state index >= 15 is 0 Å². The van der Waals surface area contributed by atoms with Crippen molar-refractivity contribution in [3.63, 3.8) is 0 Å². The van der Waals surface area contributed by atoms with E-state index in [0.29, 0.717) is 31.3 Å². The molecule has 0 aromatic carbocycles. The third-order valence-corrected chi connectivity index (χ3v) is 6.70. The fourth-order valence-electron chi connectivity index (χ4n) is 5.03. The topological polar surface area (TPSA) is 40.6 Å². The molecular weight excluding hydrogens is 300 g/mol. The van der Waals surface area contributed by atoms with E-state index in [1.807, 2.05) is 4.90 Å². The second-order valence-electron chi connectivity index (χ2n) is 8.80. The van der Waals surface area contributed by atoms with Gasteiger partial charge in [-0.05, 0) is 43.4 Å². The van der Waals surface area contributed by atoms with E-state index in [0.717, 1.165) is 32.4 Å². The van der Waals surface area contributed by atoms with Crippen LogP contribution in [0.3, 0.4) is 0 Å². The Labute approximate surface area is 146 Å². The highest BCUT2D eigenvalue weighted by molar-refractivity contribution is 5.80. The number of amides is 2. The average molecular weight is 335 g/mol. The minimum absolute atomic E-state index is 0.0866. The Balaban J connectivity index is 1.58. The Morgan fingerprint density at radius 3 is 2.50 bits per heavy atom. The number of hydrogen-bond donors (Lipinski definition) is 0. The van der Waals surface area contributed by atoms with Crippen LogP contribution in [-0.2, 0) is 9.59 Å². The van der Waals surface area contributed by atoms with Crippen molar-refractivity contribution < 1.29 is 9.59 Å². The highest BCUT2D eigenvalue weighted by Gasteiger charge is 2.36. The maximum Gasteiger partial charge on any atom is 0.224 e. The second-order valence-corrected chi connectivity index (χ2v) is 8.80. The summed E-state index contributed by atoms with van der Waals surface area (Å²) in [6.07, 6.45) is 10.9. The smallest absolute Gasteiger partial charge is 0.224 e. The van der Waals surface area contributed by atoms with Crippen LogP contribution in [0.5, 0.6) is 0 Å². The lowest BCUT2D eigenvalue weighted by Gasteiger charge is -2.39. The molecule has 1 atom stereocenters. The third kappa shape index (κ3) is 3.94. The van der Waals surface area contributed by atoms with Gasteiger partial charge in [-0.1, -0.05) is 33.1 Å². The van der Waals surface area contributed by atoms with Gasteiger partial charge >= 0.3 is 0 Å². The number of nitrogens with zero attached hydrogens (tertiary/aromatic N) is 2. The molecule has 4 heteroatoms. The van der Waals surface area contributed by atoms with E-state index in [2.05, 4.69) is 18.7 Å². The van der Waals surface area contributed by atoms with Crippen LogP contribution in [0, 0.1) is 11.3 Å². The molecule has 3 aliphatic rings. The first-order chi connectivity index (χ1) is 11.5. The molecule has 3 fully saturated rings. The zero-order valence-corrected chi connectivity index (χ0v) is 15.6. The van der Waals surface area contributed by atoms with Gasteiger partial charge in [-0.25, -0.2) is 0 Å². The van der Waals surface area contributed by atoms with E-state index in [9.17, 15) is 9.59 Å². The van der Waals surface area contributed by atoms with Crippen molar-refractivity contribution in [3.05, 3.63) is 0 Å². The predicted molar refractivity (Wildman–Crippen MR) is 95.5 cm³/mol. The van der Waals surface area contributed by atoms with Crippen molar-refractivity contribution in [2.45, 2.75) is 84.1 Å². The average Bonchev–Trinajstić information content (AvgIpc) is 3.01. The van der Waals surface area contributed by atoms with Crippen LogP contribution in [-0.4, -0.2) is 47.3 Å². The van der Waals surface area contributed by atoms with Gasteiger partial charge in [0.05, 0.1) is 0 Å². The summed E-state index contributed by atoms with van der Waals surface area (Å²) in [6, 6.07) is 0.374. The van der Waals surface area contributed by atoms with Crippen LogP contribution in [0.25, 0.3) is 0 Å². The van der Waals surface area contributed by atoms with Crippen molar-refractivity contribution in [3.8, 4) is 0 Å². The lowest BCUT2D eigenvalue weighted by atomic mass is 9.69. The van der Waals surface area contributed by atoms with Gasteiger partial charge in [0.1, 0.15) is 0 Å². The number of fused-ring (bicyclic) bond motifs is 1. The van der Waals surface area contributed by atoms with Gasteiger partial charge in [0.2, 0.25) is 11.8 Å². The molecule has 4 nitrogen and oxygen atoms in total. The standard InChI is InChI=1S/C20H34N2O2/c1-20(2,16-7-4-3-5-8-16)15-19(24)21-13-10-17-9-6-12-22(17)18(23)11-14-21/h16-17H,3-15H2,1-2H3. The van der Waals surface area contributed by atoms with E-state index in [-0.39, 0.29) is 17.2 Å². The molecule has 136 valence electrons. The molecule has 2 heterocycles. The fourth-order valence-corrected chi connectivity index (χ4v) is 5.03. The monoisotopic (exact) mass is 334 g/mol. The number of rotatable bonds is 3. The van der Waals surface area contributed by atoms with Gasteiger partial charge in [-0.3, -0.25) is 9.59 Å². The van der Waals surface area contributed by atoms with Crippen molar-refractivity contribution in [2.75, 3.05) is 19.6 Å². The largest absolute Gasteiger partial charge is 0.342 e. The van der Waals surface area contributed by atoms with E-state index in [4.69, 9.17) is 0 Å². The van der Waals surface area contributed by atoms with E-state index < -0.39 is 0 Å². The minimum Gasteiger partial charge on any atom is -0.342 e. The molecule has 24 heavy (non-hydrogen) atoms. The molecule has 1 saturated carbocycles. The summed E-state index contributed by atoms with van der Waals surface area (Å²) in [5, 5.41) is 0. The molecule has 2 saturated heterocycles. The summed E-state index contributed by atoms with van der Waals surface area (Å²) < 4.78 is 0. The number of carbonyl (C=O) groups is 2. The minimum atomic E-state index is 0.0866. The van der Waals surface area contributed by atoms with Crippen molar-refractivity contribution in [2.24, 2.45) is 11.3 Å². The molecule has 0 radical (unpaired) electrons. The second kappa shape index (κ2) is 7.45. The van der Waals surface area contributed by atoms with Gasteiger partial charge in [-0.15, -0.1) is 0 Å². The van der Waals surface area contributed by atoms with Gasteiger partial charge in [0.25, 0.3) is 0 Å². The first-order valence-corrected chi connectivity index (χ1v) is 10.0. The molecule has 1 aliphatic carbocycles. The molecule has 0 N–H and O–H groups in total. The predicted octanol–water partition coefficient (Wildman–Crippen LogP) is 3.60. The van der Waals surface area contributed by atoms with Gasteiger partial charge < -0.3 is 9.80 Å². The molecule has 1 unspecified atom stereocenters. The Bertz CT molecular complexity index is 468. The Morgan fingerprint density at radius 1 is 1.00 bits per heavy atom. The van der Waals surface area contributed by atoms with Gasteiger partial charge in [0, 0.05) is 38.5 Å². The van der Waals surface area contributed by atoms with Crippen molar-refractivity contribution in [1.29, 1.82) is 0 Å². The maximum absolute atomic E-state index is 12.9. The summed E-state index contributed by atoms with van der Waals surface area (Å²) in [6.45, 7) is 6.91. The molecule has 0 bridgehead atoms. The van der Waals surface area contributed by atoms with Crippen LogP contribution in [0.4, 0.5) is 0 Å². The summed E-state index contributed by atoms with van der Waals surface area (Å²) in [5.74, 6) is 1.20. The fraction of sp³-hybridized carbons (Fsp3) is 0.900. The highest BCUT2D eigenvalue weighted by Crippen LogP contribution is 2.41. The first kappa shape index (κ1) is 17.8. The Morgan fingerprint density at radius 2 is 1.75 bits per heavy atom. The number of hydrogen-bond acceptors (Lipinski definition) is 2. The molecule has 0 aromatic heterocycles. The molecule has 0 spiro atoms. The van der Waals surface area contributed by atoms with Gasteiger partial charge in [-0.2, -0.15) is 0 Å². The zero-order chi connectivity index (χ0) is 17.2. The first-order valence-electron chi connectivity index (χ1n) is 10.0. The Hall–Kier alpha value is -1.06. The number of carbonyl (C=O) groups excluding carboxylic acids is 2. The van der Waals surface area contributed by atoms with Crippen LogP contribution in [0.1, 0.15) is 78.1 Å². The van der Waals surface area contributed by atoms with Gasteiger partial charge in [0.15, 0.2) is 0 Å². The molecular formula is C20H34N2O2. The quantitative estimate of drug-likeness (QED) is 0.791. The lowest BCUT2D eigenvalue weighted by Crippen LogP contribution is -2.46. The summed E-state index contributed by atoms with van der Waals surface area (Å²) >= 11 is 0. The normalized spacial score (nSPS) is 26.9. The van der Waals surface area contributed by atoms with Crippen molar-refractivity contribution >= 4 is 11.8 Å². The molecule has 2 amide bonds. The molecule has 2 aliphatic heterocycles. The SMILES string of the molecule is CC(C)(CC(=O)N1CCC(=O)N2CCCC2CC1)C1CCCCC1. The maximum atomic E-state index is 12.9. The molecule has 3 rings (SSSR count). The lowest BCUT2D eigenvalue weighted by molar-refractivity contribution is -0.138.